The van der Waals surface area contributed by atoms with Crippen LogP contribution < -0.4 is 15.6 Å². The number of nitrogens with one attached hydrogen (secondary N) is 1. The van der Waals surface area contributed by atoms with E-state index in [1.807, 2.05) is 43.5 Å². The summed E-state index contributed by atoms with van der Waals surface area (Å²) in [4.78, 5) is 32.7. The van der Waals surface area contributed by atoms with Gasteiger partial charge in [0.2, 0.25) is 5.95 Å². The van der Waals surface area contributed by atoms with Crippen molar-refractivity contribution >= 4 is 29.8 Å². The summed E-state index contributed by atoms with van der Waals surface area (Å²) in [5, 5.41) is 3.11. The third kappa shape index (κ3) is 5.90. The topological polar surface area (TPSA) is 95.3 Å². The lowest BCUT2D eigenvalue weighted by Crippen LogP contribution is -2.16. The van der Waals surface area contributed by atoms with E-state index in [0.29, 0.717) is 11.5 Å². The third-order valence-electron chi connectivity index (χ3n) is 5.62. The van der Waals surface area contributed by atoms with Gasteiger partial charge in [-0.1, -0.05) is 25.1 Å². The normalized spacial score (nSPS) is 10.9. The number of aryl methyl sites for hydroxylation is 1. The molecule has 0 fully saturated rings. The molecule has 0 saturated carbocycles. The highest BCUT2D eigenvalue weighted by Crippen LogP contribution is 2.25. The van der Waals surface area contributed by atoms with Crippen LogP contribution in [0.5, 0.6) is 5.75 Å². The first-order chi connectivity index (χ1) is 17.9. The Morgan fingerprint density at radius 1 is 1.05 bits per heavy atom. The molecule has 0 atom stereocenters. The molecule has 0 unspecified atom stereocenters. The van der Waals surface area contributed by atoms with Crippen molar-refractivity contribution in [3.05, 3.63) is 106 Å². The van der Waals surface area contributed by atoms with Crippen LogP contribution in [0.4, 0.5) is 16.0 Å². The summed E-state index contributed by atoms with van der Waals surface area (Å²) in [6, 6.07) is 13.4. The largest absolute Gasteiger partial charge is 0.494 e. The van der Waals surface area contributed by atoms with Gasteiger partial charge in [-0.3, -0.25) is 9.36 Å². The van der Waals surface area contributed by atoms with E-state index in [-0.39, 0.29) is 22.4 Å². The fourth-order valence-corrected chi connectivity index (χ4v) is 3.58. The smallest absolute Gasteiger partial charge is 0.338 e. The lowest BCUT2D eigenvalue weighted by molar-refractivity contribution is 0.0600. The molecule has 9 heteroatoms. The van der Waals surface area contributed by atoms with Crippen molar-refractivity contribution < 1.29 is 18.7 Å². The van der Waals surface area contributed by atoms with Crippen LogP contribution in [-0.2, 0) is 11.2 Å². The van der Waals surface area contributed by atoms with Crippen LogP contribution in [0, 0.1) is 5.82 Å². The molecule has 1 N–H and O–H groups in total. The maximum atomic E-state index is 14.6. The maximum absolute atomic E-state index is 14.6. The van der Waals surface area contributed by atoms with Crippen LogP contribution in [0.25, 0.3) is 17.8 Å². The van der Waals surface area contributed by atoms with Crippen molar-refractivity contribution in [1.29, 1.82) is 0 Å². The monoisotopic (exact) mass is 500 g/mol. The van der Waals surface area contributed by atoms with Gasteiger partial charge >= 0.3 is 5.97 Å². The van der Waals surface area contributed by atoms with Crippen LogP contribution in [-0.4, -0.2) is 34.7 Å². The number of aromatic nitrogens is 3. The Morgan fingerprint density at radius 2 is 1.78 bits per heavy atom. The van der Waals surface area contributed by atoms with E-state index in [4.69, 9.17) is 9.47 Å². The van der Waals surface area contributed by atoms with Crippen molar-refractivity contribution in [3.63, 3.8) is 0 Å². The van der Waals surface area contributed by atoms with E-state index < -0.39 is 11.8 Å². The SMILES string of the molecule is CCc1ccc(=O)n(-c2ccc(Nc3ncc(C=Cc4cc(C(=O)OC)cc(OC)c4F)cn3)cc2)c1. The van der Waals surface area contributed by atoms with E-state index in [1.165, 1.54) is 32.4 Å². The first-order valence-corrected chi connectivity index (χ1v) is 11.5. The summed E-state index contributed by atoms with van der Waals surface area (Å²) in [5.41, 5.74) is 3.43. The molecule has 0 spiro atoms. The molecule has 188 valence electrons. The molecule has 0 radical (unpaired) electrons. The molecule has 4 aromatic rings. The van der Waals surface area contributed by atoms with Gasteiger partial charge in [-0.15, -0.1) is 0 Å². The van der Waals surface area contributed by atoms with Crippen LogP contribution in [0.15, 0.2) is 71.9 Å². The highest BCUT2D eigenvalue weighted by molar-refractivity contribution is 5.91. The fourth-order valence-electron chi connectivity index (χ4n) is 3.58. The summed E-state index contributed by atoms with van der Waals surface area (Å²) in [6.45, 7) is 2.04. The zero-order valence-electron chi connectivity index (χ0n) is 20.6. The number of esters is 1. The average Bonchev–Trinajstić information content (AvgIpc) is 2.93. The van der Waals surface area contributed by atoms with Gasteiger partial charge in [0.15, 0.2) is 11.6 Å². The second kappa shape index (κ2) is 11.3. The molecule has 0 aliphatic carbocycles. The molecule has 0 amide bonds. The van der Waals surface area contributed by atoms with Gasteiger partial charge in [-0.25, -0.2) is 19.2 Å². The fraction of sp³-hybridized carbons (Fsp3) is 0.143. The van der Waals surface area contributed by atoms with Gasteiger partial charge in [-0.2, -0.15) is 0 Å². The average molecular weight is 501 g/mol. The van der Waals surface area contributed by atoms with Crippen molar-refractivity contribution in [2.45, 2.75) is 13.3 Å². The van der Waals surface area contributed by atoms with Gasteiger partial charge < -0.3 is 14.8 Å². The number of halogens is 1. The summed E-state index contributed by atoms with van der Waals surface area (Å²) >= 11 is 0. The Balaban J connectivity index is 1.47. The quantitative estimate of drug-likeness (QED) is 0.339. The summed E-state index contributed by atoms with van der Waals surface area (Å²) in [5.74, 6) is -0.887. The minimum Gasteiger partial charge on any atom is -0.494 e. The highest BCUT2D eigenvalue weighted by Gasteiger charge is 2.14. The number of methoxy groups -OCH3 is 2. The van der Waals surface area contributed by atoms with Crippen molar-refractivity contribution in [3.8, 4) is 11.4 Å². The lowest BCUT2D eigenvalue weighted by Gasteiger charge is -2.09. The Kier molecular flexibility index (Phi) is 7.73. The number of carbonyl (C=O) groups is 1. The number of anilines is 2. The molecule has 37 heavy (non-hydrogen) atoms. The zero-order chi connectivity index (χ0) is 26.4. The molecular weight excluding hydrogens is 475 g/mol. The lowest BCUT2D eigenvalue weighted by atomic mass is 10.1. The van der Waals surface area contributed by atoms with Crippen molar-refractivity contribution in [2.24, 2.45) is 0 Å². The number of pyridine rings is 1. The van der Waals surface area contributed by atoms with E-state index in [1.54, 1.807) is 29.1 Å². The number of carbonyl (C=O) groups excluding carboxylic acids is 1. The predicted octanol–water partition coefficient (Wildman–Crippen LogP) is 5.04. The van der Waals surface area contributed by atoms with E-state index in [2.05, 4.69) is 15.3 Å². The second-order valence-electron chi connectivity index (χ2n) is 8.02. The Bertz CT molecular complexity index is 1500. The van der Waals surface area contributed by atoms with Gasteiger partial charge in [0.25, 0.3) is 5.56 Å². The Hall–Kier alpha value is -4.79. The minimum atomic E-state index is -0.599. The molecule has 0 aliphatic heterocycles. The Morgan fingerprint density at radius 3 is 2.43 bits per heavy atom. The predicted molar refractivity (Wildman–Crippen MR) is 140 cm³/mol. The van der Waals surface area contributed by atoms with Crippen LogP contribution in [0.1, 0.15) is 34.0 Å². The molecule has 8 nitrogen and oxygen atoms in total. The summed E-state index contributed by atoms with van der Waals surface area (Å²) in [6.07, 6.45) is 8.97. The number of benzene rings is 2. The molecular formula is C28H25FN4O4. The van der Waals surface area contributed by atoms with Crippen LogP contribution in [0.3, 0.4) is 0 Å². The van der Waals surface area contributed by atoms with E-state index >= 15 is 0 Å². The van der Waals surface area contributed by atoms with Crippen molar-refractivity contribution in [1.82, 2.24) is 14.5 Å². The second-order valence-corrected chi connectivity index (χ2v) is 8.02. The molecule has 2 aromatic carbocycles. The number of hydrogen-bond donors (Lipinski definition) is 1. The standard InChI is InChI=1S/C28H25FN4O4/c1-4-18-6-12-25(34)33(17-18)23-10-8-22(9-11-23)32-28-30-15-19(16-31-28)5-7-20-13-21(27(35)37-3)14-24(36-2)26(20)29/h5-17H,4H2,1-3H3,(H,30,31,32). The highest BCUT2D eigenvalue weighted by atomic mass is 19.1. The van der Waals surface area contributed by atoms with Crippen LogP contribution in [0.2, 0.25) is 0 Å². The summed E-state index contributed by atoms with van der Waals surface area (Å²) in [7, 11) is 2.57. The van der Waals surface area contributed by atoms with E-state index in [0.717, 1.165) is 23.4 Å². The molecule has 0 aliphatic rings. The zero-order valence-corrected chi connectivity index (χ0v) is 20.6. The van der Waals surface area contributed by atoms with Crippen LogP contribution >= 0.6 is 0 Å². The third-order valence-corrected chi connectivity index (χ3v) is 5.62. The molecule has 0 saturated heterocycles. The number of hydrogen-bond acceptors (Lipinski definition) is 7. The van der Waals surface area contributed by atoms with Gasteiger partial charge in [-0.05, 0) is 48.4 Å². The number of rotatable bonds is 8. The summed E-state index contributed by atoms with van der Waals surface area (Å²) < 4.78 is 26.0. The van der Waals surface area contributed by atoms with Gasteiger partial charge in [0, 0.05) is 47.2 Å². The first-order valence-electron chi connectivity index (χ1n) is 11.5. The van der Waals surface area contributed by atoms with E-state index in [9.17, 15) is 14.0 Å². The molecule has 0 bridgehead atoms. The number of nitrogens with zero attached hydrogens (tertiary/aromatic N) is 3. The number of ether oxygens (including phenoxy) is 2. The molecule has 2 heterocycles. The van der Waals surface area contributed by atoms with Crippen molar-refractivity contribution in [2.75, 3.05) is 19.5 Å². The van der Waals surface area contributed by atoms with Gasteiger partial charge in [0.05, 0.1) is 19.8 Å². The first kappa shape index (κ1) is 25.3. The van der Waals surface area contributed by atoms with Gasteiger partial charge in [0.1, 0.15) is 0 Å². The maximum Gasteiger partial charge on any atom is 0.338 e. The Labute approximate surface area is 213 Å². The minimum absolute atomic E-state index is 0.0627. The molecule has 2 aromatic heterocycles. The molecule has 4 rings (SSSR count).